The lowest BCUT2D eigenvalue weighted by molar-refractivity contribution is 0.102. The Morgan fingerprint density at radius 2 is 2.06 bits per heavy atom. The first-order valence-corrected chi connectivity index (χ1v) is 5.55. The number of pyridine rings is 2. The number of nitrogens with one attached hydrogen (secondary N) is 2. The molecule has 92 valence electrons. The maximum absolute atomic E-state index is 12.1. The van der Waals surface area contributed by atoms with Crippen molar-refractivity contribution in [1.82, 2.24) is 9.97 Å². The van der Waals surface area contributed by atoms with E-state index >= 15 is 0 Å². The van der Waals surface area contributed by atoms with Gasteiger partial charge in [0.1, 0.15) is 0 Å². The minimum absolute atomic E-state index is 0.186. The molecule has 5 nitrogen and oxygen atoms in total. The zero-order valence-corrected chi connectivity index (χ0v) is 10.3. The number of rotatable bonds is 3. The van der Waals surface area contributed by atoms with E-state index in [0.717, 1.165) is 5.56 Å². The number of hydrogen-bond acceptors (Lipinski definition) is 4. The van der Waals surface area contributed by atoms with Crippen molar-refractivity contribution in [3.8, 4) is 0 Å². The number of hydrogen-bond donors (Lipinski definition) is 2. The van der Waals surface area contributed by atoms with E-state index in [9.17, 15) is 4.79 Å². The van der Waals surface area contributed by atoms with Crippen LogP contribution in [-0.2, 0) is 0 Å². The first kappa shape index (κ1) is 12.0. The zero-order valence-electron chi connectivity index (χ0n) is 10.3. The molecule has 0 aliphatic carbocycles. The van der Waals surface area contributed by atoms with E-state index in [-0.39, 0.29) is 5.91 Å². The summed E-state index contributed by atoms with van der Waals surface area (Å²) < 4.78 is 0. The summed E-state index contributed by atoms with van der Waals surface area (Å²) in [6, 6.07) is 3.54. The summed E-state index contributed by atoms with van der Waals surface area (Å²) in [5, 5.41) is 5.74. The Morgan fingerprint density at radius 1 is 1.22 bits per heavy atom. The molecule has 2 aromatic rings. The minimum atomic E-state index is -0.186. The fourth-order valence-electron chi connectivity index (χ4n) is 1.61. The van der Waals surface area contributed by atoms with Crippen LogP contribution in [0.15, 0.2) is 36.9 Å². The van der Waals surface area contributed by atoms with Gasteiger partial charge in [-0.25, -0.2) is 0 Å². The fraction of sp³-hybridized carbons (Fsp3) is 0.154. The quantitative estimate of drug-likeness (QED) is 0.864. The average Bonchev–Trinajstić information content (AvgIpc) is 2.38. The molecule has 2 heterocycles. The van der Waals surface area contributed by atoms with Crippen molar-refractivity contribution in [3.63, 3.8) is 0 Å². The molecule has 0 bridgehead atoms. The third-order valence-electron chi connectivity index (χ3n) is 2.47. The van der Waals surface area contributed by atoms with Gasteiger partial charge in [0.15, 0.2) is 0 Å². The number of nitrogens with zero attached hydrogens (tertiary/aromatic N) is 2. The van der Waals surface area contributed by atoms with Crippen LogP contribution >= 0.6 is 0 Å². The first-order chi connectivity index (χ1) is 8.70. The highest BCUT2D eigenvalue weighted by atomic mass is 16.1. The average molecular weight is 242 g/mol. The van der Waals surface area contributed by atoms with E-state index in [2.05, 4.69) is 20.6 Å². The molecule has 0 saturated carbocycles. The SMILES string of the molecule is CNc1cnccc1C(=O)Nc1cncc(C)c1. The molecule has 0 saturated heterocycles. The van der Waals surface area contributed by atoms with Gasteiger partial charge in [0.05, 0.1) is 29.3 Å². The molecule has 0 unspecified atom stereocenters. The topological polar surface area (TPSA) is 66.9 Å². The Balaban J connectivity index is 2.22. The Bertz CT molecular complexity index is 568. The zero-order chi connectivity index (χ0) is 13.0. The predicted molar refractivity (Wildman–Crippen MR) is 70.7 cm³/mol. The molecule has 0 aliphatic heterocycles. The van der Waals surface area contributed by atoms with Crippen LogP contribution in [-0.4, -0.2) is 22.9 Å². The standard InChI is InChI=1S/C13H14N4O/c1-9-5-10(7-16-6-9)17-13(18)11-3-4-15-8-12(11)14-2/h3-8,14H,1-2H3,(H,17,18). The number of amides is 1. The van der Waals surface area contributed by atoms with E-state index in [1.807, 2.05) is 13.0 Å². The van der Waals surface area contributed by atoms with E-state index in [0.29, 0.717) is 16.9 Å². The highest BCUT2D eigenvalue weighted by Gasteiger charge is 2.10. The molecule has 0 spiro atoms. The van der Waals surface area contributed by atoms with Gasteiger partial charge in [-0.1, -0.05) is 0 Å². The van der Waals surface area contributed by atoms with Gasteiger partial charge in [0.2, 0.25) is 0 Å². The molecular weight excluding hydrogens is 228 g/mol. The molecule has 0 fully saturated rings. The van der Waals surface area contributed by atoms with Gasteiger partial charge in [0, 0.05) is 19.4 Å². The normalized spacial score (nSPS) is 9.89. The van der Waals surface area contributed by atoms with Gasteiger partial charge < -0.3 is 10.6 Å². The van der Waals surface area contributed by atoms with Gasteiger partial charge in [-0.05, 0) is 24.6 Å². The Hall–Kier alpha value is -2.43. The molecule has 0 radical (unpaired) electrons. The van der Waals surface area contributed by atoms with Crippen LogP contribution in [0.25, 0.3) is 0 Å². The van der Waals surface area contributed by atoms with Gasteiger partial charge in [0.25, 0.3) is 5.91 Å². The fourth-order valence-corrected chi connectivity index (χ4v) is 1.61. The Morgan fingerprint density at radius 3 is 2.78 bits per heavy atom. The predicted octanol–water partition coefficient (Wildman–Crippen LogP) is 2.08. The number of carbonyl (C=O) groups is 1. The summed E-state index contributed by atoms with van der Waals surface area (Å²) in [5.41, 5.74) is 2.92. The number of aryl methyl sites for hydroxylation is 1. The Labute approximate surface area is 105 Å². The third-order valence-corrected chi connectivity index (χ3v) is 2.47. The monoisotopic (exact) mass is 242 g/mol. The number of anilines is 2. The van der Waals surface area contributed by atoms with Crippen LogP contribution in [0.1, 0.15) is 15.9 Å². The van der Waals surface area contributed by atoms with Crippen molar-refractivity contribution < 1.29 is 4.79 Å². The van der Waals surface area contributed by atoms with Crippen molar-refractivity contribution in [2.75, 3.05) is 17.7 Å². The highest BCUT2D eigenvalue weighted by Crippen LogP contribution is 2.15. The maximum Gasteiger partial charge on any atom is 0.257 e. The van der Waals surface area contributed by atoms with Crippen LogP contribution in [0, 0.1) is 6.92 Å². The van der Waals surface area contributed by atoms with Crippen LogP contribution in [0.5, 0.6) is 0 Å². The molecule has 1 amide bonds. The van der Waals surface area contributed by atoms with E-state index in [4.69, 9.17) is 0 Å². The first-order valence-electron chi connectivity index (χ1n) is 5.55. The summed E-state index contributed by atoms with van der Waals surface area (Å²) in [5.74, 6) is -0.186. The molecule has 2 aromatic heterocycles. The van der Waals surface area contributed by atoms with Crippen LogP contribution in [0.2, 0.25) is 0 Å². The largest absolute Gasteiger partial charge is 0.386 e. The molecule has 5 heteroatoms. The number of carbonyl (C=O) groups excluding carboxylic acids is 1. The smallest absolute Gasteiger partial charge is 0.257 e. The lowest BCUT2D eigenvalue weighted by atomic mass is 10.2. The summed E-state index contributed by atoms with van der Waals surface area (Å²) in [7, 11) is 1.75. The lowest BCUT2D eigenvalue weighted by Gasteiger charge is -2.09. The van der Waals surface area contributed by atoms with Gasteiger partial charge in [-0.2, -0.15) is 0 Å². The molecule has 0 aliphatic rings. The second kappa shape index (κ2) is 5.27. The maximum atomic E-state index is 12.1. The minimum Gasteiger partial charge on any atom is -0.386 e. The van der Waals surface area contributed by atoms with Gasteiger partial charge in [-0.3, -0.25) is 14.8 Å². The van der Waals surface area contributed by atoms with Crippen molar-refractivity contribution >= 4 is 17.3 Å². The van der Waals surface area contributed by atoms with Crippen LogP contribution < -0.4 is 10.6 Å². The molecule has 18 heavy (non-hydrogen) atoms. The van der Waals surface area contributed by atoms with Crippen molar-refractivity contribution in [2.45, 2.75) is 6.92 Å². The van der Waals surface area contributed by atoms with E-state index in [1.165, 1.54) is 0 Å². The number of aromatic nitrogens is 2. The van der Waals surface area contributed by atoms with Crippen molar-refractivity contribution in [3.05, 3.63) is 48.0 Å². The Kier molecular flexibility index (Phi) is 3.52. The third kappa shape index (κ3) is 2.63. The molecule has 2 rings (SSSR count). The van der Waals surface area contributed by atoms with Crippen molar-refractivity contribution in [2.24, 2.45) is 0 Å². The summed E-state index contributed by atoms with van der Waals surface area (Å²) in [6.07, 6.45) is 6.56. The second-order valence-electron chi connectivity index (χ2n) is 3.88. The summed E-state index contributed by atoms with van der Waals surface area (Å²) in [4.78, 5) is 20.1. The second-order valence-corrected chi connectivity index (χ2v) is 3.88. The summed E-state index contributed by atoms with van der Waals surface area (Å²) >= 11 is 0. The lowest BCUT2D eigenvalue weighted by Crippen LogP contribution is -2.14. The van der Waals surface area contributed by atoms with E-state index in [1.54, 1.807) is 37.9 Å². The molecule has 0 aromatic carbocycles. The summed E-state index contributed by atoms with van der Waals surface area (Å²) in [6.45, 7) is 1.92. The van der Waals surface area contributed by atoms with Gasteiger partial charge >= 0.3 is 0 Å². The van der Waals surface area contributed by atoms with Crippen molar-refractivity contribution in [1.29, 1.82) is 0 Å². The molecule has 2 N–H and O–H groups in total. The van der Waals surface area contributed by atoms with Crippen LogP contribution in [0.4, 0.5) is 11.4 Å². The van der Waals surface area contributed by atoms with Crippen LogP contribution in [0.3, 0.4) is 0 Å². The molecular formula is C13H14N4O. The van der Waals surface area contributed by atoms with E-state index < -0.39 is 0 Å². The molecule has 0 atom stereocenters. The van der Waals surface area contributed by atoms with Gasteiger partial charge in [-0.15, -0.1) is 0 Å². The highest BCUT2D eigenvalue weighted by molar-refractivity contribution is 6.07.